The van der Waals surface area contributed by atoms with E-state index in [1.165, 1.54) is 49.5 Å². The average molecular weight is 682 g/mol. The molecular weight excluding hydrogens is 645 g/mol. The maximum atomic E-state index is 14.5. The highest BCUT2D eigenvalue weighted by molar-refractivity contribution is 7.92. The van der Waals surface area contributed by atoms with Crippen molar-refractivity contribution in [3.8, 4) is 11.5 Å². The molecule has 0 aliphatic carbocycles. The van der Waals surface area contributed by atoms with Crippen molar-refractivity contribution in [2.75, 3.05) is 25.1 Å². The van der Waals surface area contributed by atoms with Crippen LogP contribution in [0.3, 0.4) is 0 Å². The van der Waals surface area contributed by atoms with E-state index in [1.54, 1.807) is 24.3 Å². The molecule has 0 spiro atoms. The maximum absolute atomic E-state index is 14.5. The number of nitrogens with zero attached hydrogens (tertiary/aromatic N) is 2. The fraction of sp³-hybridized carbons (Fsp3) is 0.257. The Bertz CT molecular complexity index is 1790. The molecule has 0 heterocycles. The smallest absolute Gasteiger partial charge is 0.264 e. The molecule has 0 aromatic heterocycles. The van der Waals surface area contributed by atoms with Gasteiger partial charge < -0.3 is 19.7 Å². The number of halogens is 2. The molecular formula is C35H37ClFN3O6S. The van der Waals surface area contributed by atoms with Crippen LogP contribution < -0.4 is 19.1 Å². The number of carbonyl (C=O) groups is 2. The molecule has 0 aliphatic heterocycles. The van der Waals surface area contributed by atoms with Crippen LogP contribution in [0.4, 0.5) is 10.1 Å². The highest BCUT2D eigenvalue weighted by atomic mass is 35.5. The Morgan fingerprint density at radius 3 is 2.13 bits per heavy atom. The molecule has 1 N–H and O–H groups in total. The topological polar surface area (TPSA) is 105 Å². The van der Waals surface area contributed by atoms with E-state index in [0.717, 1.165) is 22.0 Å². The van der Waals surface area contributed by atoms with E-state index >= 15 is 0 Å². The molecule has 248 valence electrons. The van der Waals surface area contributed by atoms with E-state index in [4.69, 9.17) is 21.1 Å². The summed E-state index contributed by atoms with van der Waals surface area (Å²) in [6.07, 6.45) is 0.147. The van der Waals surface area contributed by atoms with Gasteiger partial charge in [0.05, 0.1) is 24.8 Å². The fourth-order valence-corrected chi connectivity index (χ4v) is 6.61. The number of ether oxygens (including phenoxy) is 2. The van der Waals surface area contributed by atoms with Gasteiger partial charge in [0.1, 0.15) is 18.4 Å². The summed E-state index contributed by atoms with van der Waals surface area (Å²) in [7, 11) is -1.66. The van der Waals surface area contributed by atoms with Crippen LogP contribution in [0.25, 0.3) is 0 Å². The molecule has 0 radical (unpaired) electrons. The van der Waals surface area contributed by atoms with E-state index in [9.17, 15) is 22.4 Å². The third-order valence-corrected chi connectivity index (χ3v) is 9.48. The second-order valence-corrected chi connectivity index (χ2v) is 13.3. The van der Waals surface area contributed by atoms with Gasteiger partial charge in [-0.2, -0.15) is 0 Å². The zero-order valence-corrected chi connectivity index (χ0v) is 28.1. The molecule has 12 heteroatoms. The van der Waals surface area contributed by atoms with Gasteiger partial charge in [-0.25, -0.2) is 12.8 Å². The van der Waals surface area contributed by atoms with Crippen molar-refractivity contribution in [2.45, 2.75) is 43.8 Å². The predicted molar refractivity (Wildman–Crippen MR) is 180 cm³/mol. The van der Waals surface area contributed by atoms with Crippen molar-refractivity contribution in [1.29, 1.82) is 0 Å². The van der Waals surface area contributed by atoms with E-state index in [2.05, 4.69) is 5.32 Å². The Morgan fingerprint density at radius 1 is 0.872 bits per heavy atom. The zero-order chi connectivity index (χ0) is 34.1. The first-order valence-corrected chi connectivity index (χ1v) is 16.6. The summed E-state index contributed by atoms with van der Waals surface area (Å²) in [5.41, 5.74) is 1.40. The molecule has 0 fully saturated rings. The molecule has 47 heavy (non-hydrogen) atoms. The zero-order valence-electron chi connectivity index (χ0n) is 26.5. The minimum absolute atomic E-state index is 0.0402. The molecule has 4 aromatic carbocycles. The summed E-state index contributed by atoms with van der Waals surface area (Å²) in [5.74, 6) is -1.22. The van der Waals surface area contributed by atoms with Gasteiger partial charge in [-0.3, -0.25) is 13.9 Å². The summed E-state index contributed by atoms with van der Waals surface area (Å²) in [5, 5.41) is 3.28. The van der Waals surface area contributed by atoms with Gasteiger partial charge in [0.2, 0.25) is 11.8 Å². The Kier molecular flexibility index (Phi) is 11.8. The summed E-state index contributed by atoms with van der Waals surface area (Å²) in [6, 6.07) is 23.6. The molecule has 1 atom stereocenters. The van der Waals surface area contributed by atoms with Gasteiger partial charge in [0.15, 0.2) is 11.5 Å². The molecule has 2 amide bonds. The van der Waals surface area contributed by atoms with Gasteiger partial charge in [0.25, 0.3) is 10.0 Å². The van der Waals surface area contributed by atoms with Crippen molar-refractivity contribution in [1.82, 2.24) is 10.2 Å². The first-order valence-electron chi connectivity index (χ1n) is 14.8. The average Bonchev–Trinajstić information content (AvgIpc) is 3.06. The van der Waals surface area contributed by atoms with Gasteiger partial charge in [0, 0.05) is 30.1 Å². The van der Waals surface area contributed by atoms with Gasteiger partial charge >= 0.3 is 0 Å². The molecule has 0 bridgehead atoms. The summed E-state index contributed by atoms with van der Waals surface area (Å²) >= 11 is 6.52. The van der Waals surface area contributed by atoms with Gasteiger partial charge in [-0.1, -0.05) is 60.1 Å². The summed E-state index contributed by atoms with van der Waals surface area (Å²) in [6.45, 7) is 2.82. The fourth-order valence-electron chi connectivity index (χ4n) is 4.99. The van der Waals surface area contributed by atoms with Crippen LogP contribution in [0, 0.1) is 5.82 Å². The molecule has 0 saturated heterocycles. The molecule has 0 saturated carbocycles. The quantitative estimate of drug-likeness (QED) is 0.179. The molecule has 0 aliphatic rings. The van der Waals surface area contributed by atoms with Gasteiger partial charge in [-0.15, -0.1) is 0 Å². The monoisotopic (exact) mass is 681 g/mol. The largest absolute Gasteiger partial charge is 0.493 e. The van der Waals surface area contributed by atoms with Crippen LogP contribution in [-0.4, -0.2) is 58.0 Å². The minimum atomic E-state index is -4.46. The van der Waals surface area contributed by atoms with Crippen LogP contribution in [0.5, 0.6) is 11.5 Å². The van der Waals surface area contributed by atoms with E-state index in [-0.39, 0.29) is 35.3 Å². The number of amides is 2. The lowest BCUT2D eigenvalue weighted by Gasteiger charge is -2.34. The second-order valence-electron chi connectivity index (χ2n) is 11.0. The van der Waals surface area contributed by atoms with Crippen LogP contribution in [-0.2, 0) is 32.6 Å². The summed E-state index contributed by atoms with van der Waals surface area (Å²) < 4.78 is 54.0. The number of hydrogen-bond donors (Lipinski definition) is 1. The number of nitrogens with one attached hydrogen (secondary N) is 1. The Balaban J connectivity index is 1.83. The van der Waals surface area contributed by atoms with Crippen molar-refractivity contribution in [2.24, 2.45) is 0 Å². The van der Waals surface area contributed by atoms with Gasteiger partial charge in [-0.05, 0) is 67.4 Å². The third-order valence-electron chi connectivity index (χ3n) is 7.34. The van der Waals surface area contributed by atoms with Crippen molar-refractivity contribution in [3.05, 3.63) is 119 Å². The maximum Gasteiger partial charge on any atom is 0.264 e. The van der Waals surface area contributed by atoms with E-state index in [1.807, 2.05) is 44.2 Å². The van der Waals surface area contributed by atoms with Crippen molar-refractivity contribution >= 4 is 39.1 Å². The first-order chi connectivity index (χ1) is 22.4. The number of hydrogen-bond acceptors (Lipinski definition) is 6. The molecule has 9 nitrogen and oxygen atoms in total. The lowest BCUT2D eigenvalue weighted by Crippen LogP contribution is -2.54. The lowest BCUT2D eigenvalue weighted by atomic mass is 10.0. The Morgan fingerprint density at radius 2 is 1.51 bits per heavy atom. The number of benzene rings is 4. The number of sulfonamides is 1. The molecule has 4 aromatic rings. The Labute approximate surface area is 279 Å². The van der Waals surface area contributed by atoms with Crippen LogP contribution in [0.15, 0.2) is 102 Å². The highest BCUT2D eigenvalue weighted by Gasteiger charge is 2.35. The number of carbonyl (C=O) groups excluding carboxylic acids is 2. The van der Waals surface area contributed by atoms with Crippen molar-refractivity contribution in [3.63, 3.8) is 0 Å². The number of rotatable bonds is 14. The first kappa shape index (κ1) is 35.2. The second kappa shape index (κ2) is 15.8. The lowest BCUT2D eigenvalue weighted by molar-refractivity contribution is -0.140. The third kappa shape index (κ3) is 8.81. The van der Waals surface area contributed by atoms with Crippen LogP contribution in [0.2, 0.25) is 5.02 Å². The number of methoxy groups -OCH3 is 2. The molecule has 0 unspecified atom stereocenters. The van der Waals surface area contributed by atoms with Crippen LogP contribution >= 0.6 is 11.6 Å². The Hall–Kier alpha value is -4.61. The molecule has 4 rings (SSSR count). The standard InChI is InChI=1S/C35H37ClFN3O6S/c1-24(2)38-35(42)31(20-25-10-6-5-7-11-25)39(22-26-12-8-9-13-30(26)36)34(41)23-40(28-16-14-27(37)15-17-28)47(43,44)29-18-19-32(45-3)33(21-29)46-4/h5-19,21,24,31H,20,22-23H2,1-4H3,(H,38,42)/t31-/m1/s1. The SMILES string of the molecule is COc1ccc(S(=O)(=O)N(CC(=O)N(Cc2ccccc2Cl)[C@H](Cc2ccccc2)C(=O)NC(C)C)c2ccc(F)cc2)cc1OC. The van der Waals surface area contributed by atoms with Crippen molar-refractivity contribution < 1.29 is 31.9 Å². The van der Waals surface area contributed by atoms with Crippen LogP contribution in [0.1, 0.15) is 25.0 Å². The minimum Gasteiger partial charge on any atom is -0.493 e. The highest BCUT2D eigenvalue weighted by Crippen LogP contribution is 2.32. The summed E-state index contributed by atoms with van der Waals surface area (Å²) in [4.78, 5) is 29.4. The normalized spacial score (nSPS) is 11.9. The van der Waals surface area contributed by atoms with E-state index in [0.29, 0.717) is 16.3 Å². The number of anilines is 1. The van der Waals surface area contributed by atoms with E-state index < -0.39 is 40.2 Å². The predicted octanol–water partition coefficient (Wildman–Crippen LogP) is 5.86.